The molecule has 1 rings (SSSR count). The highest BCUT2D eigenvalue weighted by Crippen LogP contribution is 2.36. The van der Waals surface area contributed by atoms with Crippen molar-refractivity contribution < 1.29 is 13.5 Å². The van der Waals surface area contributed by atoms with Crippen LogP contribution in [-0.2, 0) is 9.84 Å². The Kier molecular flexibility index (Phi) is 3.01. The van der Waals surface area contributed by atoms with Crippen LogP contribution in [0.15, 0.2) is 0 Å². The van der Waals surface area contributed by atoms with Crippen molar-refractivity contribution in [3.05, 3.63) is 0 Å². The second-order valence-electron chi connectivity index (χ2n) is 3.13. The molecule has 0 unspecified atom stereocenters. The van der Waals surface area contributed by atoms with Crippen LogP contribution in [-0.4, -0.2) is 30.1 Å². The second-order valence-corrected chi connectivity index (χ2v) is 6.27. The lowest BCUT2D eigenvalue weighted by atomic mass is 10.3. The molecule has 12 heavy (non-hydrogen) atoms. The molecule has 0 aromatic rings. The van der Waals surface area contributed by atoms with Gasteiger partial charge in [-0.25, -0.2) is 8.42 Å². The summed E-state index contributed by atoms with van der Waals surface area (Å²) in [5, 5.41) is 9.41. The zero-order chi connectivity index (χ0) is 9.35. The summed E-state index contributed by atoms with van der Waals surface area (Å²) in [5.74, 6) is 0.0964. The van der Waals surface area contributed by atoms with Gasteiger partial charge in [-0.05, 0) is 18.8 Å². The number of halogens is 1. The van der Waals surface area contributed by atoms with Crippen LogP contribution in [0, 0.1) is 5.92 Å². The molecule has 3 nitrogen and oxygen atoms in total. The maximum absolute atomic E-state index is 11.2. The number of rotatable bonds is 4. The molecule has 1 aliphatic rings. The van der Waals surface area contributed by atoms with Gasteiger partial charge in [-0.2, -0.15) is 0 Å². The summed E-state index contributed by atoms with van der Waals surface area (Å²) in [6.07, 6.45) is 0.907. The zero-order valence-electron chi connectivity index (χ0n) is 6.90. The Morgan fingerprint density at radius 2 is 2.08 bits per heavy atom. The molecule has 5 heteroatoms. The third-order valence-corrected chi connectivity index (χ3v) is 4.96. The van der Waals surface area contributed by atoms with E-state index in [0.29, 0.717) is 0 Å². The topological polar surface area (TPSA) is 54.4 Å². The third kappa shape index (κ3) is 2.12. The summed E-state index contributed by atoms with van der Waals surface area (Å²) in [6, 6.07) is 0. The zero-order valence-corrected chi connectivity index (χ0v) is 8.48. The lowest BCUT2D eigenvalue weighted by molar-refractivity contribution is 0.164. The van der Waals surface area contributed by atoms with E-state index >= 15 is 0 Å². The van der Waals surface area contributed by atoms with Crippen molar-refractivity contribution in [1.82, 2.24) is 0 Å². The molecule has 2 atom stereocenters. The van der Waals surface area contributed by atoms with Crippen LogP contribution >= 0.6 is 11.6 Å². The SMILES string of the molecule is CCS(=O)(=O)[C@H](Cl)[C@@H](O)C1CC1. The van der Waals surface area contributed by atoms with E-state index in [0.717, 1.165) is 12.8 Å². The van der Waals surface area contributed by atoms with Crippen LogP contribution in [0.3, 0.4) is 0 Å². The van der Waals surface area contributed by atoms with E-state index in [-0.39, 0.29) is 11.7 Å². The van der Waals surface area contributed by atoms with Crippen molar-refractivity contribution in [3.8, 4) is 0 Å². The minimum Gasteiger partial charge on any atom is -0.390 e. The summed E-state index contributed by atoms with van der Waals surface area (Å²) in [4.78, 5) is 0. The van der Waals surface area contributed by atoms with Crippen molar-refractivity contribution >= 4 is 21.4 Å². The molecule has 0 aromatic carbocycles. The highest BCUT2D eigenvalue weighted by atomic mass is 35.5. The molecule has 0 aromatic heterocycles. The van der Waals surface area contributed by atoms with Gasteiger partial charge in [-0.1, -0.05) is 6.92 Å². The average molecular weight is 213 g/mol. The molecule has 0 radical (unpaired) electrons. The number of alkyl halides is 1. The monoisotopic (exact) mass is 212 g/mol. The van der Waals surface area contributed by atoms with Crippen molar-refractivity contribution in [3.63, 3.8) is 0 Å². The highest BCUT2D eigenvalue weighted by molar-refractivity contribution is 7.93. The molecule has 1 N–H and O–H groups in total. The largest absolute Gasteiger partial charge is 0.390 e. The van der Waals surface area contributed by atoms with E-state index in [9.17, 15) is 13.5 Å². The molecule has 72 valence electrons. The van der Waals surface area contributed by atoms with Crippen LogP contribution in [0.25, 0.3) is 0 Å². The van der Waals surface area contributed by atoms with Crippen molar-refractivity contribution in [2.45, 2.75) is 30.6 Å². The minimum absolute atomic E-state index is 0.00898. The number of hydrogen-bond acceptors (Lipinski definition) is 3. The molecular weight excluding hydrogens is 200 g/mol. The normalized spacial score (nSPS) is 23.6. The van der Waals surface area contributed by atoms with Gasteiger partial charge in [-0.15, -0.1) is 11.6 Å². The van der Waals surface area contributed by atoms with E-state index in [1.54, 1.807) is 0 Å². The van der Waals surface area contributed by atoms with Gasteiger partial charge < -0.3 is 5.11 Å². The highest BCUT2D eigenvalue weighted by Gasteiger charge is 2.39. The van der Waals surface area contributed by atoms with Gasteiger partial charge >= 0.3 is 0 Å². The number of aliphatic hydroxyl groups excluding tert-OH is 1. The first-order chi connectivity index (χ1) is 5.49. The smallest absolute Gasteiger partial charge is 0.169 e. The quantitative estimate of drug-likeness (QED) is 0.700. The Bertz CT molecular complexity index is 245. The second kappa shape index (κ2) is 3.52. The van der Waals surface area contributed by atoms with E-state index in [1.165, 1.54) is 6.92 Å². The van der Waals surface area contributed by atoms with Crippen LogP contribution in [0.2, 0.25) is 0 Å². The fraction of sp³-hybridized carbons (Fsp3) is 1.00. The van der Waals surface area contributed by atoms with Crippen LogP contribution in [0.5, 0.6) is 0 Å². The summed E-state index contributed by atoms with van der Waals surface area (Å²) in [5.41, 5.74) is 0. The van der Waals surface area contributed by atoms with Gasteiger partial charge in [0.2, 0.25) is 0 Å². The molecule has 0 spiro atoms. The van der Waals surface area contributed by atoms with Gasteiger partial charge in [0, 0.05) is 5.75 Å². The Balaban J connectivity index is 2.62. The number of sulfone groups is 1. The van der Waals surface area contributed by atoms with Gasteiger partial charge in [0.05, 0.1) is 6.10 Å². The first-order valence-corrected chi connectivity index (χ1v) is 6.18. The minimum atomic E-state index is -3.29. The van der Waals surface area contributed by atoms with Gasteiger partial charge in [-0.3, -0.25) is 0 Å². The van der Waals surface area contributed by atoms with E-state index < -0.39 is 20.7 Å². The molecule has 0 amide bonds. The van der Waals surface area contributed by atoms with Crippen LogP contribution < -0.4 is 0 Å². The van der Waals surface area contributed by atoms with E-state index in [4.69, 9.17) is 11.6 Å². The van der Waals surface area contributed by atoms with Crippen molar-refractivity contribution in [2.75, 3.05) is 5.75 Å². The molecule has 1 fully saturated rings. The molecule has 1 aliphatic carbocycles. The van der Waals surface area contributed by atoms with Gasteiger partial charge in [0.25, 0.3) is 0 Å². The number of aliphatic hydroxyl groups is 1. The van der Waals surface area contributed by atoms with Crippen LogP contribution in [0.4, 0.5) is 0 Å². The Labute approximate surface area is 77.6 Å². The van der Waals surface area contributed by atoms with Gasteiger partial charge in [0.1, 0.15) is 0 Å². The maximum atomic E-state index is 11.2. The molecule has 0 saturated heterocycles. The Morgan fingerprint density at radius 3 is 2.42 bits per heavy atom. The molecular formula is C7H13ClO3S. The summed E-state index contributed by atoms with van der Waals surface area (Å²) >= 11 is 5.62. The molecule has 1 saturated carbocycles. The van der Waals surface area contributed by atoms with E-state index in [2.05, 4.69) is 0 Å². The Morgan fingerprint density at radius 1 is 1.58 bits per heavy atom. The Hall–Kier alpha value is 0.200. The third-order valence-electron chi connectivity index (χ3n) is 2.12. The predicted octanol–water partition coefficient (Wildman–Crippen LogP) is 0.757. The fourth-order valence-electron chi connectivity index (χ4n) is 1.02. The summed E-state index contributed by atoms with van der Waals surface area (Å²) in [6.45, 7) is 1.53. The first-order valence-electron chi connectivity index (χ1n) is 4.02. The van der Waals surface area contributed by atoms with Crippen molar-refractivity contribution in [1.29, 1.82) is 0 Å². The number of hydrogen-bond donors (Lipinski definition) is 1. The summed E-state index contributed by atoms with van der Waals surface area (Å²) in [7, 11) is -3.29. The van der Waals surface area contributed by atoms with Gasteiger partial charge in [0.15, 0.2) is 14.5 Å². The average Bonchev–Trinajstić information content (AvgIpc) is 2.84. The molecule has 0 bridgehead atoms. The van der Waals surface area contributed by atoms with Crippen molar-refractivity contribution in [2.24, 2.45) is 5.92 Å². The lowest BCUT2D eigenvalue weighted by Gasteiger charge is -2.15. The fourth-order valence-corrected chi connectivity index (χ4v) is 2.57. The summed E-state index contributed by atoms with van der Waals surface area (Å²) < 4.78 is 21.2. The molecule has 0 heterocycles. The van der Waals surface area contributed by atoms with E-state index in [1.807, 2.05) is 0 Å². The predicted molar refractivity (Wildman–Crippen MR) is 47.8 cm³/mol. The first kappa shape index (κ1) is 10.3. The lowest BCUT2D eigenvalue weighted by Crippen LogP contribution is -2.31. The van der Waals surface area contributed by atoms with Crippen LogP contribution in [0.1, 0.15) is 19.8 Å². The molecule has 0 aliphatic heterocycles. The maximum Gasteiger partial charge on any atom is 0.169 e. The standard InChI is InChI=1S/C7H13ClO3S/c1-2-12(10,11)7(8)6(9)5-3-4-5/h5-7,9H,2-4H2,1H3/t6-,7-/m0/s1.